The van der Waals surface area contributed by atoms with E-state index in [0.717, 1.165) is 0 Å². The zero-order valence-corrected chi connectivity index (χ0v) is 8.24. The summed E-state index contributed by atoms with van der Waals surface area (Å²) in [6.45, 7) is 0. The lowest BCUT2D eigenvalue weighted by Crippen LogP contribution is -2.37. The lowest BCUT2D eigenvalue weighted by Gasteiger charge is -2.04. The molecule has 1 rings (SSSR count). The molecule has 0 aliphatic carbocycles. The molecule has 0 radical (unpaired) electrons. The third-order valence-corrected chi connectivity index (χ3v) is 2.48. The number of carboxylic acids is 1. The molecule has 1 aromatic rings. The first kappa shape index (κ1) is 11.2. The Balaban J connectivity index is 3.87. The van der Waals surface area contributed by atoms with Crippen LogP contribution in [0.1, 0.15) is 10.5 Å². The summed E-state index contributed by atoms with van der Waals surface area (Å²) in [5.74, 6) is -1.68. The topological polar surface area (TPSA) is 126 Å². The number of carboxylic acid groups (broad SMARTS) is 1. The van der Waals surface area contributed by atoms with E-state index < -0.39 is 32.9 Å². The Labute approximate surface area is 82.9 Å². The van der Waals surface area contributed by atoms with Gasteiger partial charge < -0.3 is 5.11 Å². The normalized spacial score (nSPS) is 11.3. The van der Waals surface area contributed by atoms with Crippen LogP contribution in [0.15, 0.2) is 15.7 Å². The fourth-order valence-corrected chi connectivity index (χ4v) is 1.80. The van der Waals surface area contributed by atoms with Gasteiger partial charge in [-0.1, -0.05) is 0 Å². The number of H-pyrrole nitrogens is 1. The Morgan fingerprint density at radius 3 is 2.40 bits per heavy atom. The molecular formula is C6H6N2O6S. The van der Waals surface area contributed by atoms with Crippen molar-refractivity contribution in [3.63, 3.8) is 0 Å². The maximum absolute atomic E-state index is 11.1. The monoisotopic (exact) mass is 234 g/mol. The fraction of sp³-hybridized carbons (Fsp3) is 0.167. The molecule has 0 saturated heterocycles. The van der Waals surface area contributed by atoms with Crippen LogP contribution in [-0.2, 0) is 10.0 Å². The number of rotatable bonds is 2. The van der Waals surface area contributed by atoms with Crippen molar-refractivity contribution in [2.24, 2.45) is 0 Å². The molecule has 0 unspecified atom stereocenters. The minimum Gasteiger partial charge on any atom is -0.477 e. The second-order valence-corrected chi connectivity index (χ2v) is 4.49. The van der Waals surface area contributed by atoms with E-state index in [2.05, 4.69) is 0 Å². The zero-order valence-electron chi connectivity index (χ0n) is 7.42. The molecule has 82 valence electrons. The molecule has 0 atom stereocenters. The molecule has 2 N–H and O–H groups in total. The summed E-state index contributed by atoms with van der Waals surface area (Å²) in [4.78, 5) is 34.1. The third-order valence-electron chi connectivity index (χ3n) is 1.45. The van der Waals surface area contributed by atoms with Crippen LogP contribution in [0.2, 0.25) is 0 Å². The first-order valence-corrected chi connectivity index (χ1v) is 5.38. The zero-order chi connectivity index (χ0) is 11.8. The lowest BCUT2D eigenvalue weighted by molar-refractivity contribution is 0.0687. The highest BCUT2D eigenvalue weighted by molar-refractivity contribution is 7.89. The summed E-state index contributed by atoms with van der Waals surface area (Å²) in [6, 6.07) is 0.519. The van der Waals surface area contributed by atoms with Gasteiger partial charge in [-0.15, -0.1) is 0 Å². The van der Waals surface area contributed by atoms with Crippen LogP contribution in [0.25, 0.3) is 0 Å². The van der Waals surface area contributed by atoms with Gasteiger partial charge in [0.25, 0.3) is 5.56 Å². The van der Waals surface area contributed by atoms with Gasteiger partial charge in [0, 0.05) is 6.07 Å². The van der Waals surface area contributed by atoms with Crippen molar-refractivity contribution in [2.75, 3.05) is 6.26 Å². The summed E-state index contributed by atoms with van der Waals surface area (Å²) in [5.41, 5.74) is -3.18. The molecule has 1 heterocycles. The number of aromatic carboxylic acids is 1. The highest BCUT2D eigenvalue weighted by Crippen LogP contribution is 1.96. The van der Waals surface area contributed by atoms with E-state index in [4.69, 9.17) is 5.11 Å². The van der Waals surface area contributed by atoms with Gasteiger partial charge in [-0.25, -0.2) is 18.0 Å². The largest absolute Gasteiger partial charge is 0.477 e. The smallest absolute Gasteiger partial charge is 0.353 e. The fourth-order valence-electron chi connectivity index (χ4n) is 0.962. The average molecular weight is 234 g/mol. The van der Waals surface area contributed by atoms with E-state index in [9.17, 15) is 22.8 Å². The maximum atomic E-state index is 11.1. The SMILES string of the molecule is CS(=O)(=O)n1c(C(=O)O)cc(=O)[nH]c1=O. The van der Waals surface area contributed by atoms with E-state index >= 15 is 0 Å². The van der Waals surface area contributed by atoms with Crippen LogP contribution in [0, 0.1) is 0 Å². The van der Waals surface area contributed by atoms with Crippen molar-refractivity contribution in [3.8, 4) is 0 Å². The minimum absolute atomic E-state index is 0.0106. The Bertz CT molecular complexity index is 622. The molecule has 0 fully saturated rings. The summed E-state index contributed by atoms with van der Waals surface area (Å²) >= 11 is 0. The highest BCUT2D eigenvalue weighted by atomic mass is 32.2. The van der Waals surface area contributed by atoms with Gasteiger partial charge in [0.1, 0.15) is 0 Å². The van der Waals surface area contributed by atoms with Gasteiger partial charge in [0.2, 0.25) is 10.0 Å². The second kappa shape index (κ2) is 3.35. The molecule has 0 saturated carbocycles. The van der Waals surface area contributed by atoms with E-state index in [1.807, 2.05) is 0 Å². The standard InChI is InChI=1S/C6H6N2O6S/c1-15(13,14)8-3(5(10)11)2-4(9)7-6(8)12/h2H,1H3,(H,10,11)(H,7,9,12). The number of hydrogen-bond acceptors (Lipinski definition) is 5. The van der Waals surface area contributed by atoms with Crippen LogP contribution < -0.4 is 11.2 Å². The van der Waals surface area contributed by atoms with Crippen LogP contribution in [0.4, 0.5) is 0 Å². The van der Waals surface area contributed by atoms with Crippen LogP contribution in [0.5, 0.6) is 0 Å². The Morgan fingerprint density at radius 2 is 2.00 bits per heavy atom. The van der Waals surface area contributed by atoms with Gasteiger partial charge in [-0.3, -0.25) is 9.78 Å². The van der Waals surface area contributed by atoms with Crippen LogP contribution >= 0.6 is 0 Å². The number of aromatic nitrogens is 2. The van der Waals surface area contributed by atoms with Crippen molar-refractivity contribution in [2.45, 2.75) is 0 Å². The predicted molar refractivity (Wildman–Crippen MR) is 48.5 cm³/mol. The average Bonchev–Trinajstić information content (AvgIpc) is 1.99. The van der Waals surface area contributed by atoms with Crippen LogP contribution in [0.3, 0.4) is 0 Å². The third kappa shape index (κ3) is 2.13. The number of hydrogen-bond donors (Lipinski definition) is 2. The van der Waals surface area contributed by atoms with Crippen molar-refractivity contribution in [1.29, 1.82) is 0 Å². The van der Waals surface area contributed by atoms with Crippen molar-refractivity contribution in [1.82, 2.24) is 8.96 Å². The Morgan fingerprint density at radius 1 is 1.47 bits per heavy atom. The van der Waals surface area contributed by atoms with Crippen molar-refractivity contribution in [3.05, 3.63) is 32.6 Å². The van der Waals surface area contributed by atoms with Gasteiger partial charge in [-0.05, 0) is 0 Å². The van der Waals surface area contributed by atoms with E-state index in [-0.39, 0.29) is 3.97 Å². The molecule has 8 nitrogen and oxygen atoms in total. The van der Waals surface area contributed by atoms with Crippen molar-refractivity contribution < 1.29 is 18.3 Å². The Hall–Kier alpha value is -1.90. The van der Waals surface area contributed by atoms with E-state index in [1.165, 1.54) is 0 Å². The van der Waals surface area contributed by atoms with E-state index in [0.29, 0.717) is 12.3 Å². The molecule has 15 heavy (non-hydrogen) atoms. The number of nitrogens with zero attached hydrogens (tertiary/aromatic N) is 1. The number of carbonyl (C=O) groups is 1. The molecule has 1 aromatic heterocycles. The highest BCUT2D eigenvalue weighted by Gasteiger charge is 2.19. The van der Waals surface area contributed by atoms with Crippen molar-refractivity contribution >= 4 is 16.0 Å². The first-order chi connectivity index (χ1) is 6.73. The summed E-state index contributed by atoms with van der Waals surface area (Å²) in [5, 5.41) is 8.60. The van der Waals surface area contributed by atoms with Gasteiger partial charge in [0.05, 0.1) is 6.26 Å². The van der Waals surface area contributed by atoms with E-state index in [1.54, 1.807) is 4.98 Å². The van der Waals surface area contributed by atoms with Gasteiger partial charge >= 0.3 is 11.7 Å². The molecule has 0 spiro atoms. The number of aromatic amines is 1. The summed E-state index contributed by atoms with van der Waals surface area (Å²) < 4.78 is 22.1. The molecular weight excluding hydrogens is 228 g/mol. The predicted octanol–water partition coefficient (Wildman–Crippen LogP) is -1.96. The summed E-state index contributed by atoms with van der Waals surface area (Å²) in [6.07, 6.45) is 0.652. The lowest BCUT2D eigenvalue weighted by atomic mass is 10.4. The van der Waals surface area contributed by atoms with Gasteiger partial charge in [0.15, 0.2) is 5.69 Å². The quantitative estimate of drug-likeness (QED) is 0.612. The molecule has 9 heteroatoms. The second-order valence-electron chi connectivity index (χ2n) is 2.66. The maximum Gasteiger partial charge on any atom is 0.353 e. The molecule has 0 bridgehead atoms. The molecule has 0 aliphatic heterocycles. The minimum atomic E-state index is -4.07. The van der Waals surface area contributed by atoms with Crippen LogP contribution in [-0.4, -0.2) is 34.7 Å². The van der Waals surface area contributed by atoms with Gasteiger partial charge in [-0.2, -0.15) is 3.97 Å². The molecule has 0 aliphatic rings. The number of nitrogens with one attached hydrogen (secondary N) is 1. The first-order valence-electron chi connectivity index (χ1n) is 3.53. The molecule has 0 amide bonds. The Kier molecular flexibility index (Phi) is 2.50. The molecule has 0 aromatic carbocycles. The summed E-state index contributed by atoms with van der Waals surface area (Å²) in [7, 11) is -4.07.